The molecule has 1 aromatic carbocycles. The smallest absolute Gasteiger partial charge is 0.227 e. The summed E-state index contributed by atoms with van der Waals surface area (Å²) in [6.45, 7) is 3.93. The van der Waals surface area contributed by atoms with Crippen LogP contribution in [0.25, 0.3) is 0 Å². The van der Waals surface area contributed by atoms with Gasteiger partial charge in [0.25, 0.3) is 0 Å². The fourth-order valence-corrected chi connectivity index (χ4v) is 1.40. The minimum atomic E-state index is -0.0432. The molecule has 0 aromatic heterocycles. The van der Waals surface area contributed by atoms with Crippen LogP contribution in [0.1, 0.15) is 26.7 Å². The molecule has 1 aromatic rings. The molecule has 2 N–H and O–H groups in total. The molecule has 3 nitrogen and oxygen atoms in total. The summed E-state index contributed by atoms with van der Waals surface area (Å²) in [4.78, 5) is 11.6. The quantitative estimate of drug-likeness (QED) is 0.746. The first-order valence-corrected chi connectivity index (χ1v) is 5.24. The fraction of sp³-hybridized carbons (Fsp3) is 0.417. The van der Waals surface area contributed by atoms with Crippen molar-refractivity contribution in [3.05, 3.63) is 24.3 Å². The topological polar surface area (TPSA) is 49.3 Å². The van der Waals surface area contributed by atoms with Crippen LogP contribution in [0.2, 0.25) is 0 Å². The van der Waals surface area contributed by atoms with Gasteiger partial charge in [0.2, 0.25) is 5.91 Å². The maximum Gasteiger partial charge on any atom is 0.227 e. The van der Waals surface area contributed by atoms with Gasteiger partial charge >= 0.3 is 0 Å². The number of amides is 1. The summed E-state index contributed by atoms with van der Waals surface area (Å²) in [5.74, 6) is 0.0440. The second-order valence-electron chi connectivity index (χ2n) is 3.70. The number of phenolic OH excluding ortho intramolecular Hbond substituents is 1. The van der Waals surface area contributed by atoms with Crippen molar-refractivity contribution in [3.63, 3.8) is 0 Å². The molecule has 0 saturated carbocycles. The third-order valence-electron chi connectivity index (χ3n) is 2.33. The Bertz CT molecular complexity index is 336. The fourth-order valence-electron chi connectivity index (χ4n) is 1.40. The summed E-state index contributed by atoms with van der Waals surface area (Å²) >= 11 is 0. The van der Waals surface area contributed by atoms with Gasteiger partial charge in [-0.25, -0.2) is 0 Å². The van der Waals surface area contributed by atoms with Crippen LogP contribution in [0.4, 0.5) is 5.69 Å². The summed E-state index contributed by atoms with van der Waals surface area (Å²) in [7, 11) is 0. The van der Waals surface area contributed by atoms with E-state index in [0.29, 0.717) is 5.69 Å². The molecule has 3 heteroatoms. The zero-order valence-electron chi connectivity index (χ0n) is 9.16. The van der Waals surface area contributed by atoms with Crippen LogP contribution in [0.15, 0.2) is 24.3 Å². The van der Waals surface area contributed by atoms with Crippen LogP contribution in [0.5, 0.6) is 5.75 Å². The predicted octanol–water partition coefficient (Wildman–Crippen LogP) is 2.77. The summed E-state index contributed by atoms with van der Waals surface area (Å²) in [5.41, 5.74) is 0.477. The molecule has 0 radical (unpaired) electrons. The number of benzene rings is 1. The standard InChI is InChI=1S/C12H17NO2/c1-3-6-9(2)12(15)13-10-7-4-5-8-11(10)14/h4-5,7-9,14H,3,6H2,1-2H3,(H,13,15). The maximum atomic E-state index is 11.6. The van der Waals surface area contributed by atoms with E-state index in [-0.39, 0.29) is 17.6 Å². The summed E-state index contributed by atoms with van der Waals surface area (Å²) in [6, 6.07) is 6.74. The number of rotatable bonds is 4. The van der Waals surface area contributed by atoms with E-state index in [1.807, 2.05) is 13.8 Å². The van der Waals surface area contributed by atoms with Crippen LogP contribution >= 0.6 is 0 Å². The highest BCUT2D eigenvalue weighted by atomic mass is 16.3. The number of carbonyl (C=O) groups is 1. The van der Waals surface area contributed by atoms with E-state index in [0.717, 1.165) is 12.8 Å². The van der Waals surface area contributed by atoms with Gasteiger partial charge in [0.1, 0.15) is 5.75 Å². The highest BCUT2D eigenvalue weighted by Gasteiger charge is 2.12. The van der Waals surface area contributed by atoms with Crippen LogP contribution in [-0.4, -0.2) is 11.0 Å². The van der Waals surface area contributed by atoms with E-state index < -0.39 is 0 Å². The molecule has 1 rings (SSSR count). The lowest BCUT2D eigenvalue weighted by molar-refractivity contribution is -0.119. The van der Waals surface area contributed by atoms with Gasteiger partial charge in [-0.2, -0.15) is 0 Å². The van der Waals surface area contributed by atoms with Crippen LogP contribution in [0.3, 0.4) is 0 Å². The Labute approximate surface area is 90.1 Å². The van der Waals surface area contributed by atoms with Crippen molar-refractivity contribution in [2.24, 2.45) is 5.92 Å². The molecular weight excluding hydrogens is 190 g/mol. The summed E-state index contributed by atoms with van der Waals surface area (Å²) in [6.07, 6.45) is 1.84. The Kier molecular flexibility index (Phi) is 4.16. The molecule has 82 valence electrons. The molecule has 0 saturated heterocycles. The number of aromatic hydroxyl groups is 1. The zero-order valence-corrected chi connectivity index (χ0v) is 9.16. The third kappa shape index (κ3) is 3.27. The summed E-state index contributed by atoms with van der Waals surface area (Å²) < 4.78 is 0. The number of anilines is 1. The molecule has 1 unspecified atom stereocenters. The average molecular weight is 207 g/mol. The van der Waals surface area contributed by atoms with Gasteiger partial charge in [0.05, 0.1) is 5.69 Å². The lowest BCUT2D eigenvalue weighted by Crippen LogP contribution is -2.20. The normalized spacial score (nSPS) is 12.1. The van der Waals surface area contributed by atoms with E-state index in [1.54, 1.807) is 24.3 Å². The molecular formula is C12H17NO2. The molecule has 0 fully saturated rings. The second-order valence-corrected chi connectivity index (χ2v) is 3.70. The number of nitrogens with one attached hydrogen (secondary N) is 1. The van der Waals surface area contributed by atoms with E-state index in [1.165, 1.54) is 0 Å². The molecule has 0 bridgehead atoms. The first-order chi connectivity index (χ1) is 7.15. The van der Waals surface area contributed by atoms with Gasteiger partial charge in [0, 0.05) is 5.92 Å². The first kappa shape index (κ1) is 11.6. The number of hydrogen-bond acceptors (Lipinski definition) is 2. The van der Waals surface area contributed by atoms with E-state index in [2.05, 4.69) is 5.32 Å². The van der Waals surface area contributed by atoms with Crippen LogP contribution in [-0.2, 0) is 4.79 Å². The molecule has 0 aliphatic carbocycles. The monoisotopic (exact) mass is 207 g/mol. The number of hydrogen-bond donors (Lipinski definition) is 2. The van der Waals surface area contributed by atoms with Crippen molar-refractivity contribution < 1.29 is 9.90 Å². The number of carbonyl (C=O) groups excluding carboxylic acids is 1. The van der Waals surface area contributed by atoms with Crippen molar-refractivity contribution in [2.75, 3.05) is 5.32 Å². The SMILES string of the molecule is CCCC(C)C(=O)Nc1ccccc1O. The molecule has 0 spiro atoms. The van der Waals surface area contributed by atoms with E-state index in [9.17, 15) is 9.90 Å². The Morgan fingerprint density at radius 2 is 2.13 bits per heavy atom. The van der Waals surface area contributed by atoms with E-state index >= 15 is 0 Å². The van der Waals surface area contributed by atoms with Gasteiger partial charge in [-0.05, 0) is 18.6 Å². The highest BCUT2D eigenvalue weighted by Crippen LogP contribution is 2.22. The molecule has 0 aliphatic rings. The third-order valence-corrected chi connectivity index (χ3v) is 2.33. The highest BCUT2D eigenvalue weighted by molar-refractivity contribution is 5.93. The van der Waals surface area contributed by atoms with Gasteiger partial charge < -0.3 is 10.4 Å². The number of para-hydroxylation sites is 2. The first-order valence-electron chi connectivity index (χ1n) is 5.24. The lowest BCUT2D eigenvalue weighted by atomic mass is 10.1. The summed E-state index contributed by atoms with van der Waals surface area (Å²) in [5, 5.41) is 12.2. The van der Waals surface area contributed by atoms with Gasteiger partial charge in [-0.1, -0.05) is 32.4 Å². The second kappa shape index (κ2) is 5.39. The molecule has 1 atom stereocenters. The van der Waals surface area contributed by atoms with Gasteiger partial charge in [-0.3, -0.25) is 4.79 Å². The van der Waals surface area contributed by atoms with Gasteiger partial charge in [-0.15, -0.1) is 0 Å². The van der Waals surface area contributed by atoms with Crippen molar-refractivity contribution >= 4 is 11.6 Å². The van der Waals surface area contributed by atoms with Crippen molar-refractivity contribution in [1.29, 1.82) is 0 Å². The molecule has 0 heterocycles. The Morgan fingerprint density at radius 3 is 2.73 bits per heavy atom. The molecule has 1 amide bonds. The Balaban J connectivity index is 2.62. The van der Waals surface area contributed by atoms with E-state index in [4.69, 9.17) is 0 Å². The Morgan fingerprint density at radius 1 is 1.47 bits per heavy atom. The molecule has 0 aliphatic heterocycles. The zero-order chi connectivity index (χ0) is 11.3. The molecule has 15 heavy (non-hydrogen) atoms. The van der Waals surface area contributed by atoms with Crippen molar-refractivity contribution in [2.45, 2.75) is 26.7 Å². The number of phenols is 1. The maximum absolute atomic E-state index is 11.6. The van der Waals surface area contributed by atoms with Gasteiger partial charge in [0.15, 0.2) is 0 Å². The largest absolute Gasteiger partial charge is 0.506 e. The Hall–Kier alpha value is -1.51. The minimum Gasteiger partial charge on any atom is -0.506 e. The lowest BCUT2D eigenvalue weighted by Gasteiger charge is -2.11. The van der Waals surface area contributed by atoms with Crippen molar-refractivity contribution in [1.82, 2.24) is 0 Å². The van der Waals surface area contributed by atoms with Crippen LogP contribution < -0.4 is 5.32 Å². The van der Waals surface area contributed by atoms with Crippen molar-refractivity contribution in [3.8, 4) is 5.75 Å². The average Bonchev–Trinajstić information content (AvgIpc) is 2.21. The van der Waals surface area contributed by atoms with Crippen LogP contribution in [0, 0.1) is 5.92 Å². The minimum absolute atomic E-state index is 0.0189. The predicted molar refractivity (Wildman–Crippen MR) is 60.8 cm³/mol.